The smallest absolute Gasteiger partial charge is 0.264 e. The first kappa shape index (κ1) is 23.1. The van der Waals surface area contributed by atoms with Crippen molar-refractivity contribution in [3.63, 3.8) is 0 Å². The lowest BCUT2D eigenvalue weighted by Crippen LogP contribution is -2.38. The van der Waals surface area contributed by atoms with Crippen molar-refractivity contribution in [3.05, 3.63) is 87.4 Å². The molecular formula is C23H22Cl2N2O3S. The van der Waals surface area contributed by atoms with Gasteiger partial charge in [-0.25, -0.2) is 8.42 Å². The predicted octanol–water partition coefficient (Wildman–Crippen LogP) is 5.75. The van der Waals surface area contributed by atoms with Crippen LogP contribution in [0, 0.1) is 20.8 Å². The van der Waals surface area contributed by atoms with E-state index in [2.05, 4.69) is 5.32 Å². The van der Waals surface area contributed by atoms with Crippen LogP contribution in [0.1, 0.15) is 16.7 Å². The standard InChI is InChI=1S/C23H22Cl2N2O3S/c1-15-4-10-20(11-5-15)31(29,30)27(22-12-18(24)8-6-17(22)3)14-23(28)26-19-9-7-16(2)21(25)13-19/h4-13H,14H2,1-3H3,(H,26,28). The molecule has 31 heavy (non-hydrogen) atoms. The van der Waals surface area contributed by atoms with Crippen LogP contribution in [0.25, 0.3) is 0 Å². The molecule has 5 nitrogen and oxygen atoms in total. The monoisotopic (exact) mass is 476 g/mol. The summed E-state index contributed by atoms with van der Waals surface area (Å²) in [5, 5.41) is 3.59. The van der Waals surface area contributed by atoms with Crippen molar-refractivity contribution in [1.29, 1.82) is 0 Å². The van der Waals surface area contributed by atoms with Gasteiger partial charge in [0.25, 0.3) is 10.0 Å². The largest absolute Gasteiger partial charge is 0.324 e. The lowest BCUT2D eigenvalue weighted by Gasteiger charge is -2.26. The van der Waals surface area contributed by atoms with Gasteiger partial charge < -0.3 is 5.32 Å². The molecule has 0 aliphatic heterocycles. The van der Waals surface area contributed by atoms with E-state index in [1.165, 1.54) is 12.1 Å². The highest BCUT2D eigenvalue weighted by Crippen LogP contribution is 2.30. The van der Waals surface area contributed by atoms with E-state index in [0.717, 1.165) is 15.4 Å². The van der Waals surface area contributed by atoms with Gasteiger partial charge in [0.1, 0.15) is 6.54 Å². The summed E-state index contributed by atoms with van der Waals surface area (Å²) in [5.41, 5.74) is 3.30. The van der Waals surface area contributed by atoms with Crippen LogP contribution < -0.4 is 9.62 Å². The second kappa shape index (κ2) is 9.30. The Labute approximate surface area is 192 Å². The summed E-state index contributed by atoms with van der Waals surface area (Å²) >= 11 is 12.3. The SMILES string of the molecule is Cc1ccc(S(=O)(=O)N(CC(=O)Nc2ccc(C)c(Cl)c2)c2cc(Cl)ccc2C)cc1. The van der Waals surface area contributed by atoms with Gasteiger partial charge in [0.05, 0.1) is 10.6 Å². The quantitative estimate of drug-likeness (QED) is 0.492. The maximum Gasteiger partial charge on any atom is 0.264 e. The minimum Gasteiger partial charge on any atom is -0.324 e. The predicted molar refractivity (Wildman–Crippen MR) is 127 cm³/mol. The minimum absolute atomic E-state index is 0.0867. The number of hydrogen-bond acceptors (Lipinski definition) is 3. The van der Waals surface area contributed by atoms with Crippen molar-refractivity contribution in [2.75, 3.05) is 16.2 Å². The van der Waals surface area contributed by atoms with Gasteiger partial charge in [-0.2, -0.15) is 0 Å². The van der Waals surface area contributed by atoms with Gasteiger partial charge in [0.15, 0.2) is 0 Å². The van der Waals surface area contributed by atoms with E-state index in [-0.39, 0.29) is 4.90 Å². The Hall–Kier alpha value is -2.54. The van der Waals surface area contributed by atoms with Crippen molar-refractivity contribution in [1.82, 2.24) is 0 Å². The molecule has 1 N–H and O–H groups in total. The Balaban J connectivity index is 1.99. The number of rotatable bonds is 6. The van der Waals surface area contributed by atoms with Crippen LogP contribution in [-0.2, 0) is 14.8 Å². The molecule has 8 heteroatoms. The summed E-state index contributed by atoms with van der Waals surface area (Å²) in [6, 6.07) is 16.5. The van der Waals surface area contributed by atoms with Crippen LogP contribution in [0.15, 0.2) is 65.6 Å². The third-order valence-electron chi connectivity index (χ3n) is 4.79. The number of nitrogens with zero attached hydrogens (tertiary/aromatic N) is 1. The van der Waals surface area contributed by atoms with Gasteiger partial charge in [0.2, 0.25) is 5.91 Å². The fourth-order valence-electron chi connectivity index (χ4n) is 2.99. The summed E-state index contributed by atoms with van der Waals surface area (Å²) in [7, 11) is -4.02. The number of nitrogens with one attached hydrogen (secondary N) is 1. The molecule has 0 saturated carbocycles. The molecule has 0 heterocycles. The number of halogens is 2. The van der Waals surface area contributed by atoms with E-state index in [1.54, 1.807) is 55.5 Å². The van der Waals surface area contributed by atoms with Crippen molar-refractivity contribution in [3.8, 4) is 0 Å². The van der Waals surface area contributed by atoms with E-state index in [4.69, 9.17) is 23.2 Å². The number of aryl methyl sites for hydroxylation is 3. The molecule has 0 aliphatic carbocycles. The van der Waals surface area contributed by atoms with Gasteiger partial charge in [0, 0.05) is 15.7 Å². The highest BCUT2D eigenvalue weighted by molar-refractivity contribution is 7.92. The minimum atomic E-state index is -4.02. The van der Waals surface area contributed by atoms with E-state index in [0.29, 0.717) is 27.0 Å². The molecule has 0 radical (unpaired) electrons. The summed E-state index contributed by atoms with van der Waals surface area (Å²) in [4.78, 5) is 12.9. The third-order valence-corrected chi connectivity index (χ3v) is 7.21. The number of hydrogen-bond donors (Lipinski definition) is 1. The van der Waals surface area contributed by atoms with Crippen LogP contribution in [0.5, 0.6) is 0 Å². The highest BCUT2D eigenvalue weighted by Gasteiger charge is 2.28. The maximum absolute atomic E-state index is 13.5. The number of carbonyl (C=O) groups excluding carboxylic acids is 1. The van der Waals surface area contributed by atoms with Gasteiger partial charge in [-0.1, -0.05) is 53.0 Å². The zero-order valence-electron chi connectivity index (χ0n) is 17.3. The molecule has 0 aliphatic rings. The zero-order valence-corrected chi connectivity index (χ0v) is 19.6. The average Bonchev–Trinajstić information content (AvgIpc) is 2.71. The number of amides is 1. The van der Waals surface area contributed by atoms with Crippen LogP contribution in [-0.4, -0.2) is 20.9 Å². The van der Waals surface area contributed by atoms with Gasteiger partial charge >= 0.3 is 0 Å². The molecule has 3 aromatic carbocycles. The Kier molecular flexibility index (Phi) is 6.94. The number of anilines is 2. The molecule has 0 unspecified atom stereocenters. The Morgan fingerprint density at radius 2 is 1.55 bits per heavy atom. The average molecular weight is 477 g/mol. The van der Waals surface area contributed by atoms with Crippen LogP contribution >= 0.6 is 23.2 Å². The summed E-state index contributed by atoms with van der Waals surface area (Å²) in [6.07, 6.45) is 0. The van der Waals surface area contributed by atoms with Crippen molar-refractivity contribution >= 4 is 50.5 Å². The van der Waals surface area contributed by atoms with E-state index < -0.39 is 22.5 Å². The first-order chi connectivity index (χ1) is 14.6. The summed E-state index contributed by atoms with van der Waals surface area (Å²) in [5.74, 6) is -0.505. The van der Waals surface area contributed by atoms with Crippen LogP contribution in [0.4, 0.5) is 11.4 Å². The molecule has 0 spiro atoms. The van der Waals surface area contributed by atoms with E-state index >= 15 is 0 Å². The number of benzene rings is 3. The number of sulfonamides is 1. The zero-order chi connectivity index (χ0) is 22.8. The Morgan fingerprint density at radius 1 is 0.903 bits per heavy atom. The molecule has 1 amide bonds. The van der Waals surface area contributed by atoms with Crippen LogP contribution in [0.2, 0.25) is 10.0 Å². The normalized spacial score (nSPS) is 11.3. The summed E-state index contributed by atoms with van der Waals surface area (Å²) in [6.45, 7) is 5.06. The lowest BCUT2D eigenvalue weighted by atomic mass is 10.2. The molecule has 0 bridgehead atoms. The third kappa shape index (κ3) is 5.39. The van der Waals surface area contributed by atoms with Gasteiger partial charge in [-0.3, -0.25) is 9.10 Å². The lowest BCUT2D eigenvalue weighted by molar-refractivity contribution is -0.114. The van der Waals surface area contributed by atoms with E-state index in [9.17, 15) is 13.2 Å². The van der Waals surface area contributed by atoms with Crippen LogP contribution in [0.3, 0.4) is 0 Å². The molecule has 3 rings (SSSR count). The first-order valence-electron chi connectivity index (χ1n) is 9.49. The molecule has 0 saturated heterocycles. The fourth-order valence-corrected chi connectivity index (χ4v) is 4.81. The van der Waals surface area contributed by atoms with Gasteiger partial charge in [-0.15, -0.1) is 0 Å². The van der Waals surface area contributed by atoms with Gasteiger partial charge in [-0.05, 0) is 68.3 Å². The Morgan fingerprint density at radius 3 is 2.19 bits per heavy atom. The number of carbonyl (C=O) groups is 1. The highest BCUT2D eigenvalue weighted by atomic mass is 35.5. The fraction of sp³-hybridized carbons (Fsp3) is 0.174. The van der Waals surface area contributed by atoms with E-state index in [1.807, 2.05) is 13.8 Å². The second-order valence-corrected chi connectivity index (χ2v) is 9.97. The molecular weight excluding hydrogens is 455 g/mol. The van der Waals surface area contributed by atoms with Crippen molar-refractivity contribution in [2.24, 2.45) is 0 Å². The second-order valence-electron chi connectivity index (χ2n) is 7.27. The topological polar surface area (TPSA) is 66.5 Å². The van der Waals surface area contributed by atoms with Crippen molar-refractivity contribution in [2.45, 2.75) is 25.7 Å². The maximum atomic E-state index is 13.5. The summed E-state index contributed by atoms with van der Waals surface area (Å²) < 4.78 is 28.0. The molecule has 0 atom stereocenters. The molecule has 162 valence electrons. The Bertz CT molecular complexity index is 1230. The molecule has 3 aromatic rings. The van der Waals surface area contributed by atoms with Crippen molar-refractivity contribution < 1.29 is 13.2 Å². The molecule has 0 fully saturated rings. The first-order valence-corrected chi connectivity index (χ1v) is 11.7. The molecule has 0 aromatic heterocycles.